The third kappa shape index (κ3) is 1.47. The molecule has 0 saturated heterocycles. The number of hydrogen-bond donors (Lipinski definition) is 2. The average molecular weight is 198 g/mol. The number of alkyl carbamates (subject to hydrolysis) is 1. The van der Waals surface area contributed by atoms with Gasteiger partial charge in [0.25, 0.3) is 0 Å². The number of nitrogens with one attached hydrogen (secondary N) is 1. The van der Waals surface area contributed by atoms with E-state index in [1.807, 2.05) is 20.8 Å². The molecule has 4 nitrogen and oxygen atoms in total. The molecular formula is C10H18N2O2. The maximum Gasteiger partial charge on any atom is 0.407 e. The van der Waals surface area contributed by atoms with Crippen LogP contribution in [-0.2, 0) is 4.74 Å². The second-order valence-electron chi connectivity index (χ2n) is 5.31. The molecule has 1 amide bonds. The van der Waals surface area contributed by atoms with Gasteiger partial charge in [-0.25, -0.2) is 4.79 Å². The molecule has 2 bridgehead atoms. The van der Waals surface area contributed by atoms with Gasteiger partial charge in [0.05, 0.1) is 0 Å². The van der Waals surface area contributed by atoms with E-state index in [0.29, 0.717) is 17.9 Å². The number of carbonyl (C=O) groups is 1. The minimum absolute atomic E-state index is 0.278. The van der Waals surface area contributed by atoms with Gasteiger partial charge in [0.2, 0.25) is 0 Å². The summed E-state index contributed by atoms with van der Waals surface area (Å²) >= 11 is 0. The second-order valence-corrected chi connectivity index (χ2v) is 5.31. The van der Waals surface area contributed by atoms with Crippen LogP contribution in [0, 0.1) is 11.8 Å². The molecule has 0 aromatic rings. The van der Waals surface area contributed by atoms with Gasteiger partial charge < -0.3 is 15.8 Å². The number of rotatable bonds is 1. The van der Waals surface area contributed by atoms with Crippen LogP contribution < -0.4 is 11.1 Å². The van der Waals surface area contributed by atoms with E-state index in [0.717, 1.165) is 0 Å². The molecule has 0 radical (unpaired) electrons. The zero-order chi connectivity index (χ0) is 10.5. The maximum atomic E-state index is 11.4. The van der Waals surface area contributed by atoms with Crippen molar-refractivity contribution in [1.29, 1.82) is 0 Å². The highest BCUT2D eigenvalue weighted by molar-refractivity contribution is 5.68. The van der Waals surface area contributed by atoms with Gasteiger partial charge in [0.1, 0.15) is 5.60 Å². The molecule has 3 aliphatic carbocycles. The van der Waals surface area contributed by atoms with Crippen LogP contribution >= 0.6 is 0 Å². The summed E-state index contributed by atoms with van der Waals surface area (Å²) in [6.07, 6.45) is 0.853. The van der Waals surface area contributed by atoms with Gasteiger partial charge >= 0.3 is 6.09 Å². The van der Waals surface area contributed by atoms with Gasteiger partial charge in [-0.15, -0.1) is 0 Å². The molecule has 0 aromatic carbocycles. The molecule has 0 aliphatic heterocycles. The lowest BCUT2D eigenvalue weighted by Gasteiger charge is -2.62. The van der Waals surface area contributed by atoms with Crippen LogP contribution in [0.15, 0.2) is 0 Å². The lowest BCUT2D eigenvalue weighted by Crippen LogP contribution is -2.76. The van der Waals surface area contributed by atoms with Crippen molar-refractivity contribution in [3.63, 3.8) is 0 Å². The molecule has 0 heterocycles. The van der Waals surface area contributed by atoms with Gasteiger partial charge in [0, 0.05) is 12.1 Å². The molecule has 3 fully saturated rings. The molecule has 0 aromatic heterocycles. The molecule has 3 N–H and O–H groups in total. The first-order chi connectivity index (χ1) is 6.38. The summed E-state index contributed by atoms with van der Waals surface area (Å²) in [5, 5.41) is 2.86. The first kappa shape index (κ1) is 9.77. The van der Waals surface area contributed by atoms with E-state index in [9.17, 15) is 4.79 Å². The Hall–Kier alpha value is -0.770. The zero-order valence-corrected chi connectivity index (χ0v) is 8.91. The number of hydrogen-bond acceptors (Lipinski definition) is 3. The fraction of sp³-hybridized carbons (Fsp3) is 0.900. The van der Waals surface area contributed by atoms with Gasteiger partial charge in [-0.3, -0.25) is 0 Å². The van der Waals surface area contributed by atoms with Crippen molar-refractivity contribution < 1.29 is 9.53 Å². The lowest BCUT2D eigenvalue weighted by atomic mass is 9.48. The quantitative estimate of drug-likeness (QED) is 0.656. The van der Waals surface area contributed by atoms with Crippen molar-refractivity contribution in [2.45, 2.75) is 44.9 Å². The summed E-state index contributed by atoms with van der Waals surface area (Å²) in [4.78, 5) is 11.4. The smallest absolute Gasteiger partial charge is 0.407 e. The molecule has 2 unspecified atom stereocenters. The van der Waals surface area contributed by atoms with Crippen molar-refractivity contribution in [3.05, 3.63) is 0 Å². The first-order valence-corrected chi connectivity index (χ1v) is 5.13. The van der Waals surface area contributed by atoms with Crippen molar-refractivity contribution in [1.82, 2.24) is 5.32 Å². The van der Waals surface area contributed by atoms with Crippen LogP contribution in [0.2, 0.25) is 0 Å². The van der Waals surface area contributed by atoms with Crippen LogP contribution in [-0.4, -0.2) is 23.8 Å². The number of nitrogens with two attached hydrogens (primary N) is 1. The Kier molecular flexibility index (Phi) is 2.00. The molecule has 80 valence electrons. The SMILES string of the molecule is CC(C)(C)OC(=O)NC1C2CC1C2N. The summed E-state index contributed by atoms with van der Waals surface area (Å²) < 4.78 is 5.16. The van der Waals surface area contributed by atoms with Gasteiger partial charge in [0.15, 0.2) is 0 Å². The zero-order valence-electron chi connectivity index (χ0n) is 8.91. The average Bonchev–Trinajstić information content (AvgIpc) is 1.93. The normalized spacial score (nSPS) is 39.4. The van der Waals surface area contributed by atoms with E-state index in [-0.39, 0.29) is 12.1 Å². The third-order valence-electron chi connectivity index (χ3n) is 3.14. The highest BCUT2D eigenvalue weighted by Crippen LogP contribution is 2.52. The second kappa shape index (κ2) is 2.86. The Bertz CT molecular complexity index is 249. The van der Waals surface area contributed by atoms with E-state index in [4.69, 9.17) is 10.5 Å². The Morgan fingerprint density at radius 3 is 2.36 bits per heavy atom. The molecule has 0 spiro atoms. The van der Waals surface area contributed by atoms with Crippen molar-refractivity contribution in [2.75, 3.05) is 0 Å². The lowest BCUT2D eigenvalue weighted by molar-refractivity contribution is -0.0727. The van der Waals surface area contributed by atoms with E-state index in [2.05, 4.69) is 5.32 Å². The predicted octanol–water partition coefficient (Wildman–Crippen LogP) is 0.857. The van der Waals surface area contributed by atoms with Crippen LogP contribution in [0.5, 0.6) is 0 Å². The molecular weight excluding hydrogens is 180 g/mol. The van der Waals surface area contributed by atoms with Gasteiger partial charge in [-0.2, -0.15) is 0 Å². The Morgan fingerprint density at radius 1 is 1.43 bits per heavy atom. The number of carbonyl (C=O) groups excluding carboxylic acids is 1. The van der Waals surface area contributed by atoms with Crippen molar-refractivity contribution in [2.24, 2.45) is 17.6 Å². The topological polar surface area (TPSA) is 64.3 Å². The third-order valence-corrected chi connectivity index (χ3v) is 3.14. The molecule has 3 saturated carbocycles. The van der Waals surface area contributed by atoms with Gasteiger partial charge in [-0.1, -0.05) is 0 Å². The largest absolute Gasteiger partial charge is 0.444 e. The van der Waals surface area contributed by atoms with E-state index < -0.39 is 5.60 Å². The van der Waals surface area contributed by atoms with Crippen LogP contribution in [0.3, 0.4) is 0 Å². The minimum Gasteiger partial charge on any atom is -0.444 e. The summed E-state index contributed by atoms with van der Waals surface area (Å²) in [5.74, 6) is 0.986. The molecule has 4 heteroatoms. The van der Waals surface area contributed by atoms with Crippen molar-refractivity contribution >= 4 is 6.09 Å². The Labute approximate surface area is 84.2 Å². The molecule has 3 rings (SSSR count). The van der Waals surface area contributed by atoms with E-state index in [1.165, 1.54) is 6.42 Å². The molecule has 14 heavy (non-hydrogen) atoms. The summed E-state index contributed by atoms with van der Waals surface area (Å²) in [7, 11) is 0. The summed E-state index contributed by atoms with van der Waals surface area (Å²) in [5.41, 5.74) is 5.36. The Balaban J connectivity index is 1.75. The molecule has 3 aliphatic rings. The fourth-order valence-corrected chi connectivity index (χ4v) is 2.16. The van der Waals surface area contributed by atoms with Crippen LogP contribution in [0.4, 0.5) is 4.79 Å². The van der Waals surface area contributed by atoms with E-state index in [1.54, 1.807) is 0 Å². The highest BCUT2D eigenvalue weighted by atomic mass is 16.6. The monoisotopic (exact) mass is 198 g/mol. The van der Waals surface area contributed by atoms with Crippen molar-refractivity contribution in [3.8, 4) is 0 Å². The maximum absolute atomic E-state index is 11.4. The highest BCUT2D eigenvalue weighted by Gasteiger charge is 2.60. The summed E-state index contributed by atoms with van der Waals surface area (Å²) in [6.45, 7) is 5.58. The van der Waals surface area contributed by atoms with E-state index >= 15 is 0 Å². The first-order valence-electron chi connectivity index (χ1n) is 5.13. The summed E-state index contributed by atoms with van der Waals surface area (Å²) in [6, 6.07) is 0.592. The van der Waals surface area contributed by atoms with Crippen LogP contribution in [0.25, 0.3) is 0 Å². The predicted molar refractivity (Wildman–Crippen MR) is 52.7 cm³/mol. The fourth-order valence-electron chi connectivity index (χ4n) is 2.16. The Morgan fingerprint density at radius 2 is 2.00 bits per heavy atom. The number of amides is 1. The van der Waals surface area contributed by atoms with Crippen LogP contribution in [0.1, 0.15) is 27.2 Å². The standard InChI is InChI=1S/C10H18N2O2/c1-10(2,3)14-9(13)12-8-5-4-6(8)7(5)11/h5-8H,4,11H2,1-3H3,(H,12,13). The number of ether oxygens (including phenoxy) is 1. The molecule has 2 atom stereocenters. The minimum atomic E-state index is -0.417. The van der Waals surface area contributed by atoms with Gasteiger partial charge in [-0.05, 0) is 39.0 Å².